The minimum Gasteiger partial charge on any atom is -0.462 e. The van der Waals surface area contributed by atoms with Gasteiger partial charge in [0.2, 0.25) is 5.88 Å². The second-order valence-corrected chi connectivity index (χ2v) is 4.10. The quantitative estimate of drug-likeness (QED) is 0.621. The van der Waals surface area contributed by atoms with Crippen molar-refractivity contribution in [2.75, 3.05) is 6.61 Å². The number of Topliss-reactive ketones (excluding diaryl/α,β-unsaturated/α-hetero) is 1. The number of carbonyl (C=O) groups excluding carboxylic acids is 2. The molecule has 1 aromatic carbocycles. The summed E-state index contributed by atoms with van der Waals surface area (Å²) in [5.74, 6) is -0.438. The summed E-state index contributed by atoms with van der Waals surface area (Å²) in [7, 11) is 0. The molecule has 0 radical (unpaired) electrons. The molecule has 0 aliphatic rings. The van der Waals surface area contributed by atoms with Crippen LogP contribution in [0.3, 0.4) is 0 Å². The van der Waals surface area contributed by atoms with Gasteiger partial charge >= 0.3 is 5.97 Å². The summed E-state index contributed by atoms with van der Waals surface area (Å²) >= 11 is 0. The van der Waals surface area contributed by atoms with Gasteiger partial charge in [0.25, 0.3) is 0 Å². The molecule has 0 aliphatic carbocycles. The Bertz CT molecular complexity index is 656. The molecule has 0 fully saturated rings. The third kappa shape index (κ3) is 3.62. The van der Waals surface area contributed by atoms with Gasteiger partial charge in [-0.15, -0.1) is 0 Å². The lowest BCUT2D eigenvalue weighted by Gasteiger charge is -2.09. The first kappa shape index (κ1) is 14.6. The number of benzene rings is 1. The summed E-state index contributed by atoms with van der Waals surface area (Å²) in [6, 6.07) is 8.83. The molecule has 6 heteroatoms. The molecule has 1 heterocycles. The van der Waals surface area contributed by atoms with Crippen molar-refractivity contribution in [3.05, 3.63) is 47.9 Å². The Morgan fingerprint density at radius 1 is 1.19 bits per heavy atom. The van der Waals surface area contributed by atoms with Crippen molar-refractivity contribution in [3.8, 4) is 11.6 Å². The molecule has 0 bridgehead atoms. The monoisotopic (exact) mass is 286 g/mol. The van der Waals surface area contributed by atoms with Gasteiger partial charge in [0.05, 0.1) is 6.61 Å². The Balaban J connectivity index is 2.40. The van der Waals surface area contributed by atoms with Gasteiger partial charge in [0.15, 0.2) is 11.6 Å². The molecule has 0 spiro atoms. The molecule has 21 heavy (non-hydrogen) atoms. The number of ether oxygens (including phenoxy) is 2. The molecule has 2 rings (SSSR count). The highest BCUT2D eigenvalue weighted by molar-refractivity contribution is 5.94. The summed E-state index contributed by atoms with van der Waals surface area (Å²) in [5, 5.41) is 0. The van der Waals surface area contributed by atoms with Crippen molar-refractivity contribution in [2.45, 2.75) is 13.8 Å². The summed E-state index contributed by atoms with van der Waals surface area (Å²) in [6.07, 6.45) is 1.24. The largest absolute Gasteiger partial charge is 0.462 e. The second-order valence-electron chi connectivity index (χ2n) is 4.10. The molecule has 0 atom stereocenters. The van der Waals surface area contributed by atoms with Crippen molar-refractivity contribution in [2.24, 2.45) is 0 Å². The van der Waals surface area contributed by atoms with Gasteiger partial charge < -0.3 is 9.47 Å². The molecule has 1 aromatic heterocycles. The van der Waals surface area contributed by atoms with E-state index < -0.39 is 5.97 Å². The van der Waals surface area contributed by atoms with Crippen molar-refractivity contribution in [1.29, 1.82) is 0 Å². The van der Waals surface area contributed by atoms with Gasteiger partial charge in [-0.25, -0.2) is 9.78 Å². The molecular formula is C15H14N2O4. The topological polar surface area (TPSA) is 78.4 Å². The Kier molecular flexibility index (Phi) is 4.61. The number of nitrogens with zero attached hydrogens (tertiary/aromatic N) is 2. The molecule has 0 amide bonds. The second kappa shape index (κ2) is 6.60. The van der Waals surface area contributed by atoms with Crippen molar-refractivity contribution in [1.82, 2.24) is 9.97 Å². The van der Waals surface area contributed by atoms with Crippen molar-refractivity contribution in [3.63, 3.8) is 0 Å². The van der Waals surface area contributed by atoms with Crippen LogP contribution in [0, 0.1) is 0 Å². The van der Waals surface area contributed by atoms with Crippen LogP contribution in [0.25, 0.3) is 0 Å². The zero-order valence-electron chi connectivity index (χ0n) is 11.7. The van der Waals surface area contributed by atoms with Crippen LogP contribution in [0.2, 0.25) is 0 Å². The van der Waals surface area contributed by atoms with E-state index in [1.165, 1.54) is 13.1 Å². The Hall–Kier alpha value is -2.76. The lowest BCUT2D eigenvalue weighted by molar-refractivity contribution is 0.0521. The molecule has 0 aliphatic heterocycles. The number of rotatable bonds is 5. The molecule has 0 saturated carbocycles. The van der Waals surface area contributed by atoms with E-state index in [1.54, 1.807) is 31.2 Å². The zero-order chi connectivity index (χ0) is 15.2. The maximum absolute atomic E-state index is 11.9. The van der Waals surface area contributed by atoms with Gasteiger partial charge in [-0.05, 0) is 19.1 Å². The van der Waals surface area contributed by atoms with Crippen LogP contribution in [0.4, 0.5) is 0 Å². The predicted molar refractivity (Wildman–Crippen MR) is 74.5 cm³/mol. The number of carbonyl (C=O) groups is 2. The Morgan fingerprint density at radius 3 is 2.52 bits per heavy atom. The highest BCUT2D eigenvalue weighted by Gasteiger charge is 2.19. The van der Waals surface area contributed by atoms with Gasteiger partial charge in [0.1, 0.15) is 11.3 Å². The Labute approximate surface area is 121 Å². The van der Waals surface area contributed by atoms with Gasteiger partial charge in [0, 0.05) is 13.1 Å². The summed E-state index contributed by atoms with van der Waals surface area (Å²) in [5.41, 5.74) is 0.0747. The fourth-order valence-electron chi connectivity index (χ4n) is 1.56. The van der Waals surface area contributed by atoms with Crippen LogP contribution in [0.15, 0.2) is 36.5 Å². The number of hydrogen-bond acceptors (Lipinski definition) is 6. The summed E-state index contributed by atoms with van der Waals surface area (Å²) < 4.78 is 10.5. The van der Waals surface area contributed by atoms with Crippen LogP contribution in [0.5, 0.6) is 11.6 Å². The maximum atomic E-state index is 11.9. The first-order chi connectivity index (χ1) is 10.1. The number of hydrogen-bond donors (Lipinski definition) is 0. The number of esters is 1. The van der Waals surface area contributed by atoms with Gasteiger partial charge in [-0.1, -0.05) is 18.2 Å². The van der Waals surface area contributed by atoms with Crippen LogP contribution in [0.1, 0.15) is 34.8 Å². The van der Waals surface area contributed by atoms with Crippen LogP contribution in [-0.2, 0) is 4.74 Å². The van der Waals surface area contributed by atoms with Crippen molar-refractivity contribution < 1.29 is 19.1 Å². The Morgan fingerprint density at radius 2 is 1.90 bits per heavy atom. The number of para-hydroxylation sites is 1. The van der Waals surface area contributed by atoms with Gasteiger partial charge in [-0.2, -0.15) is 4.98 Å². The lowest BCUT2D eigenvalue weighted by Crippen LogP contribution is -2.11. The standard InChI is InChI=1S/C15H14N2O4/c1-3-20-15(19)12-9-16-13(10(2)18)17-14(12)21-11-7-5-4-6-8-11/h4-9H,3H2,1-2H3. The normalized spacial score (nSPS) is 10.0. The van der Waals surface area contributed by atoms with Crippen LogP contribution in [-0.4, -0.2) is 28.3 Å². The first-order valence-corrected chi connectivity index (χ1v) is 6.39. The van der Waals surface area contributed by atoms with Crippen LogP contribution >= 0.6 is 0 Å². The van der Waals surface area contributed by atoms with Gasteiger partial charge in [-0.3, -0.25) is 4.79 Å². The third-order valence-electron chi connectivity index (χ3n) is 2.52. The van der Waals surface area contributed by atoms with Crippen LogP contribution < -0.4 is 4.74 Å². The van der Waals surface area contributed by atoms with E-state index in [4.69, 9.17) is 9.47 Å². The van der Waals surface area contributed by atoms with E-state index in [0.717, 1.165) is 0 Å². The minimum atomic E-state index is -0.599. The number of ketones is 1. The van der Waals surface area contributed by atoms with Crippen molar-refractivity contribution >= 4 is 11.8 Å². The van der Waals surface area contributed by atoms with E-state index in [9.17, 15) is 9.59 Å². The van der Waals surface area contributed by atoms with E-state index in [-0.39, 0.29) is 29.7 Å². The molecular weight excluding hydrogens is 272 g/mol. The molecule has 0 unspecified atom stereocenters. The van der Waals surface area contributed by atoms with E-state index >= 15 is 0 Å². The minimum absolute atomic E-state index is 0.000139. The molecule has 0 N–H and O–H groups in total. The average molecular weight is 286 g/mol. The number of aromatic nitrogens is 2. The summed E-state index contributed by atoms with van der Waals surface area (Å²) in [6.45, 7) is 3.25. The maximum Gasteiger partial charge on any atom is 0.345 e. The third-order valence-corrected chi connectivity index (χ3v) is 2.52. The zero-order valence-corrected chi connectivity index (χ0v) is 11.7. The molecule has 108 valence electrons. The van der Waals surface area contributed by atoms with E-state index in [2.05, 4.69) is 9.97 Å². The van der Waals surface area contributed by atoms with E-state index in [0.29, 0.717) is 5.75 Å². The molecule has 2 aromatic rings. The first-order valence-electron chi connectivity index (χ1n) is 6.39. The summed E-state index contributed by atoms with van der Waals surface area (Å²) in [4.78, 5) is 31.1. The highest BCUT2D eigenvalue weighted by Crippen LogP contribution is 2.23. The molecule has 6 nitrogen and oxygen atoms in total. The SMILES string of the molecule is CCOC(=O)c1cnc(C(C)=O)nc1Oc1ccccc1. The lowest BCUT2D eigenvalue weighted by atomic mass is 10.3. The van der Waals surface area contributed by atoms with E-state index in [1.807, 2.05) is 6.07 Å². The fourth-order valence-corrected chi connectivity index (χ4v) is 1.56. The molecule has 0 saturated heterocycles. The average Bonchev–Trinajstić information content (AvgIpc) is 2.48. The smallest absolute Gasteiger partial charge is 0.345 e. The fraction of sp³-hybridized carbons (Fsp3) is 0.200. The predicted octanol–water partition coefficient (Wildman–Crippen LogP) is 2.65. The highest BCUT2D eigenvalue weighted by atomic mass is 16.5.